The van der Waals surface area contributed by atoms with Gasteiger partial charge in [0.2, 0.25) is 0 Å². The van der Waals surface area contributed by atoms with E-state index in [1.165, 1.54) is 12.4 Å². The maximum atomic E-state index is 9.09. The summed E-state index contributed by atoms with van der Waals surface area (Å²) >= 11 is 4.77. The molecular formula is C9H13Cl2FeN4O2S+2. The topological polar surface area (TPSA) is 106 Å². The third-order valence-corrected chi connectivity index (χ3v) is 2.02. The molecule has 107 valence electrons. The van der Waals surface area contributed by atoms with Crippen LogP contribution in [0.15, 0.2) is 11.3 Å². The first kappa shape index (κ1) is 18.4. The molecule has 0 spiro atoms. The van der Waals surface area contributed by atoms with Gasteiger partial charge >= 0.3 is 33.3 Å². The van der Waals surface area contributed by atoms with Crippen molar-refractivity contribution in [1.29, 1.82) is 0 Å². The molecule has 19 heavy (non-hydrogen) atoms. The summed E-state index contributed by atoms with van der Waals surface area (Å²) in [5.41, 5.74) is 9.17. The van der Waals surface area contributed by atoms with Crippen LogP contribution >= 0.6 is 32.4 Å². The number of rotatable bonds is 3. The van der Waals surface area contributed by atoms with Gasteiger partial charge in [0.1, 0.15) is 5.69 Å². The Morgan fingerprint density at radius 1 is 1.74 bits per heavy atom. The van der Waals surface area contributed by atoms with Gasteiger partial charge in [-0.1, -0.05) is 0 Å². The standard InChI is InChI=1S/C9H12N4O2S.2ClH.Fe/c1-5-8(15)7(3-12-13-9(10)16)6(4-14)2-11-5;;;/h2-3,14-15H,4H2,1H3,(H3,10,13,16);2*1H;/q;;;+3/p-1. The van der Waals surface area contributed by atoms with Crippen LogP contribution < -0.4 is 11.2 Å². The van der Waals surface area contributed by atoms with Crippen LogP contribution in [0.5, 0.6) is 5.75 Å². The second-order valence-electron chi connectivity index (χ2n) is 3.10. The molecule has 0 saturated heterocycles. The summed E-state index contributed by atoms with van der Waals surface area (Å²) < 4.78 is 0. The van der Waals surface area contributed by atoms with Gasteiger partial charge in [-0.3, -0.25) is 10.4 Å². The second kappa shape index (κ2) is 10.2. The monoisotopic (exact) mass is 367 g/mol. The third-order valence-electron chi connectivity index (χ3n) is 1.93. The van der Waals surface area contributed by atoms with Crippen molar-refractivity contribution in [2.45, 2.75) is 13.5 Å². The van der Waals surface area contributed by atoms with Crippen LogP contribution in [-0.2, 0) is 19.7 Å². The fourth-order valence-corrected chi connectivity index (χ4v) is 1.15. The first-order chi connectivity index (χ1) is 8.97. The molecule has 1 heterocycles. The molecule has 6 nitrogen and oxygen atoms in total. The van der Waals surface area contributed by atoms with Crippen LogP contribution in [-0.4, -0.2) is 26.5 Å². The van der Waals surface area contributed by atoms with Gasteiger partial charge in [-0.25, -0.2) is 0 Å². The fourth-order valence-electron chi connectivity index (χ4n) is 1.10. The predicted octanol–water partition coefficient (Wildman–Crippen LogP) is 0.864. The van der Waals surface area contributed by atoms with E-state index in [2.05, 4.69) is 27.7 Å². The Bertz CT molecular complexity index is 462. The minimum absolute atomic E-state index is 0.0408. The summed E-state index contributed by atoms with van der Waals surface area (Å²) in [5.74, 6) is 0.222. The molecular weight excluding hydrogens is 355 g/mol. The van der Waals surface area contributed by atoms with Crippen LogP contribution in [0.25, 0.3) is 0 Å². The van der Waals surface area contributed by atoms with Crippen LogP contribution in [0.4, 0.5) is 0 Å². The summed E-state index contributed by atoms with van der Waals surface area (Å²) in [4.78, 5) is 3.97. The number of aliphatic hydroxyl groups is 1. The average molecular weight is 368 g/mol. The molecule has 0 atom stereocenters. The van der Waals surface area contributed by atoms with Crippen molar-refractivity contribution in [1.82, 2.24) is 10.4 Å². The molecule has 0 aliphatic rings. The van der Waals surface area contributed by atoms with E-state index >= 15 is 0 Å². The predicted molar refractivity (Wildman–Crippen MR) is 77.2 cm³/mol. The van der Waals surface area contributed by atoms with Crippen molar-refractivity contribution >= 4 is 43.7 Å². The SMILES string of the molecule is Cc1ncc(CO)c(C=NNC(N)=S)c1[OH2+].[Cl][Fe+][Cl]. The number of hydrogen-bond acceptors (Lipinski definition) is 4. The molecule has 6 N–H and O–H groups in total. The molecule has 0 aliphatic carbocycles. The van der Waals surface area contributed by atoms with Crippen molar-refractivity contribution in [3.8, 4) is 5.75 Å². The van der Waals surface area contributed by atoms with Crippen LogP contribution in [0.2, 0.25) is 0 Å². The number of halogens is 2. The number of hydrogen-bond donors (Lipinski definition) is 3. The molecule has 1 aromatic rings. The molecule has 0 unspecified atom stereocenters. The average Bonchev–Trinajstić information content (AvgIpc) is 2.35. The van der Waals surface area contributed by atoms with E-state index in [9.17, 15) is 0 Å². The summed E-state index contributed by atoms with van der Waals surface area (Å²) in [7, 11) is 9.53. The summed E-state index contributed by atoms with van der Waals surface area (Å²) in [6.07, 6.45) is 2.90. The quantitative estimate of drug-likeness (QED) is 0.241. The number of aliphatic hydroxyl groups excluding tert-OH is 1. The Morgan fingerprint density at radius 3 is 2.79 bits per heavy atom. The fraction of sp³-hybridized carbons (Fsp3) is 0.222. The van der Waals surface area contributed by atoms with E-state index in [1.54, 1.807) is 6.92 Å². The molecule has 1 rings (SSSR count). The normalized spacial score (nSPS) is 9.89. The Kier molecular flexibility index (Phi) is 9.85. The second-order valence-corrected chi connectivity index (χ2v) is 5.36. The van der Waals surface area contributed by atoms with E-state index in [0.717, 1.165) is 0 Å². The Hall–Kier alpha value is -0.631. The Labute approximate surface area is 130 Å². The van der Waals surface area contributed by atoms with E-state index in [-0.39, 0.29) is 30.6 Å². The zero-order chi connectivity index (χ0) is 14.8. The molecule has 10 heteroatoms. The number of nitrogens with zero attached hydrogens (tertiary/aromatic N) is 2. The van der Waals surface area contributed by atoms with Crippen molar-refractivity contribution in [2.24, 2.45) is 10.8 Å². The van der Waals surface area contributed by atoms with Gasteiger partial charge in [0, 0.05) is 11.8 Å². The molecule has 0 saturated carbocycles. The molecule has 0 bridgehead atoms. The minimum atomic E-state index is -0.201. The van der Waals surface area contributed by atoms with Crippen LogP contribution in [0.3, 0.4) is 0 Å². The zero-order valence-electron chi connectivity index (χ0n) is 9.80. The molecule has 0 amide bonds. The summed E-state index contributed by atoms with van der Waals surface area (Å²) in [6, 6.07) is 0. The van der Waals surface area contributed by atoms with Gasteiger partial charge in [0.15, 0.2) is 5.11 Å². The Balaban J connectivity index is 0.000000982. The van der Waals surface area contributed by atoms with Crippen LogP contribution in [0, 0.1) is 6.92 Å². The van der Waals surface area contributed by atoms with E-state index in [0.29, 0.717) is 16.8 Å². The first-order valence-corrected chi connectivity index (χ1v) is 8.17. The van der Waals surface area contributed by atoms with E-state index < -0.39 is 0 Å². The summed E-state index contributed by atoms with van der Waals surface area (Å²) in [6.45, 7) is 1.51. The van der Waals surface area contributed by atoms with Gasteiger partial charge < -0.3 is 15.9 Å². The number of hydrazone groups is 1. The summed E-state index contributed by atoms with van der Waals surface area (Å²) in [5, 5.41) is 20.6. The van der Waals surface area contributed by atoms with Gasteiger partial charge in [0.05, 0.1) is 18.4 Å². The number of aryl methyl sites for hydroxylation is 1. The number of nitrogens with two attached hydrogens (primary N) is 1. The third kappa shape index (κ3) is 6.91. The Morgan fingerprint density at radius 2 is 2.32 bits per heavy atom. The molecule has 0 aliphatic heterocycles. The van der Waals surface area contributed by atoms with Crippen molar-refractivity contribution in [2.75, 3.05) is 0 Å². The van der Waals surface area contributed by atoms with Crippen molar-refractivity contribution in [3.05, 3.63) is 23.0 Å². The van der Waals surface area contributed by atoms with E-state index in [1.807, 2.05) is 0 Å². The first-order valence-electron chi connectivity index (χ1n) is 4.72. The van der Waals surface area contributed by atoms with Gasteiger partial charge in [-0.05, 0) is 19.1 Å². The van der Waals surface area contributed by atoms with Gasteiger partial charge in [-0.2, -0.15) is 5.10 Å². The van der Waals surface area contributed by atoms with Gasteiger partial charge in [-0.15, -0.1) is 0 Å². The zero-order valence-corrected chi connectivity index (χ0v) is 13.2. The number of thiocarbonyl (C=S) groups is 1. The molecule has 0 radical (unpaired) electrons. The molecule has 0 fully saturated rings. The van der Waals surface area contributed by atoms with Gasteiger partial charge in [0.25, 0.3) is 5.75 Å². The molecule has 0 aromatic carbocycles. The number of pyridine rings is 1. The van der Waals surface area contributed by atoms with Crippen molar-refractivity contribution < 1.29 is 23.3 Å². The molecule has 1 aromatic heterocycles. The van der Waals surface area contributed by atoms with Crippen LogP contribution in [0.1, 0.15) is 16.8 Å². The maximum absolute atomic E-state index is 9.09. The van der Waals surface area contributed by atoms with Crippen molar-refractivity contribution in [3.63, 3.8) is 0 Å². The number of aromatic nitrogens is 1. The number of nitrogens with one attached hydrogen (secondary N) is 1. The van der Waals surface area contributed by atoms with E-state index in [4.69, 9.17) is 36.1 Å².